The third-order valence-corrected chi connectivity index (χ3v) is 1.99. The van der Waals surface area contributed by atoms with Crippen LogP contribution >= 0.6 is 0 Å². The van der Waals surface area contributed by atoms with Crippen LogP contribution in [-0.2, 0) is 0 Å². The van der Waals surface area contributed by atoms with Gasteiger partial charge in [-0.2, -0.15) is 5.10 Å². The molecular formula is C9H9F2N5. The molecule has 0 saturated heterocycles. The van der Waals surface area contributed by atoms with E-state index in [2.05, 4.69) is 10.1 Å². The molecule has 0 aliphatic rings. The van der Waals surface area contributed by atoms with Gasteiger partial charge >= 0.3 is 0 Å². The Hall–Kier alpha value is -2.02. The van der Waals surface area contributed by atoms with Crippen molar-refractivity contribution in [3.05, 3.63) is 35.7 Å². The Balaban J connectivity index is 2.56. The van der Waals surface area contributed by atoms with E-state index in [0.717, 1.165) is 0 Å². The molecule has 16 heavy (non-hydrogen) atoms. The summed E-state index contributed by atoms with van der Waals surface area (Å²) in [5, 5.41) is 3.97. The summed E-state index contributed by atoms with van der Waals surface area (Å²) in [5.41, 5.74) is 2.75. The number of rotatable bonds is 2. The van der Waals surface area contributed by atoms with Crippen molar-refractivity contribution in [2.24, 2.45) is 5.84 Å². The van der Waals surface area contributed by atoms with E-state index < -0.39 is 11.6 Å². The zero-order valence-corrected chi connectivity index (χ0v) is 8.41. The molecule has 2 heterocycles. The first kappa shape index (κ1) is 10.5. The highest BCUT2D eigenvalue weighted by Gasteiger charge is 2.13. The van der Waals surface area contributed by atoms with Crippen LogP contribution in [0, 0.1) is 18.6 Å². The Morgan fingerprint density at radius 2 is 2.12 bits per heavy atom. The summed E-state index contributed by atoms with van der Waals surface area (Å²) in [4.78, 5) is 3.69. The number of aromatic nitrogens is 3. The average molecular weight is 225 g/mol. The van der Waals surface area contributed by atoms with Crippen LogP contribution in [-0.4, -0.2) is 14.8 Å². The number of hydrogen-bond donors (Lipinski definition) is 2. The quantitative estimate of drug-likeness (QED) is 0.594. The van der Waals surface area contributed by atoms with Gasteiger partial charge in [-0.25, -0.2) is 24.3 Å². The second-order valence-corrected chi connectivity index (χ2v) is 3.17. The molecule has 0 radical (unpaired) electrons. The van der Waals surface area contributed by atoms with E-state index in [4.69, 9.17) is 5.84 Å². The van der Waals surface area contributed by atoms with E-state index in [1.54, 1.807) is 13.0 Å². The second-order valence-electron chi connectivity index (χ2n) is 3.17. The van der Waals surface area contributed by atoms with E-state index in [-0.39, 0.29) is 11.6 Å². The molecule has 0 aliphatic heterocycles. The van der Waals surface area contributed by atoms with Crippen molar-refractivity contribution in [2.75, 3.05) is 5.43 Å². The standard InChI is InChI=1S/C9H9F2N5/c1-5-2-3-16(15-5)9-7(11)4-6(10)8(13-9)14-12/h2-4H,12H2,1H3,(H,13,14). The van der Waals surface area contributed by atoms with Crippen LogP contribution in [0.3, 0.4) is 0 Å². The average Bonchev–Trinajstić information content (AvgIpc) is 2.65. The third-order valence-electron chi connectivity index (χ3n) is 1.99. The molecular weight excluding hydrogens is 216 g/mol. The van der Waals surface area contributed by atoms with Gasteiger partial charge in [0.2, 0.25) is 0 Å². The van der Waals surface area contributed by atoms with E-state index in [1.807, 2.05) is 5.43 Å². The fraction of sp³-hybridized carbons (Fsp3) is 0.111. The van der Waals surface area contributed by atoms with Gasteiger partial charge in [0.05, 0.1) is 5.69 Å². The second kappa shape index (κ2) is 3.86. The lowest BCUT2D eigenvalue weighted by Crippen LogP contribution is -2.13. The lowest BCUT2D eigenvalue weighted by molar-refractivity contribution is 0.562. The van der Waals surface area contributed by atoms with Gasteiger partial charge in [-0.3, -0.25) is 0 Å². The first-order chi connectivity index (χ1) is 7.61. The van der Waals surface area contributed by atoms with Gasteiger partial charge in [-0.05, 0) is 13.0 Å². The van der Waals surface area contributed by atoms with Gasteiger partial charge in [0, 0.05) is 12.3 Å². The molecule has 5 nitrogen and oxygen atoms in total. The van der Waals surface area contributed by atoms with Crippen LogP contribution in [0.5, 0.6) is 0 Å². The SMILES string of the molecule is Cc1ccn(-c2nc(NN)c(F)cc2F)n1. The molecule has 2 aromatic rings. The number of nitrogens with two attached hydrogens (primary N) is 1. The summed E-state index contributed by atoms with van der Waals surface area (Å²) in [6, 6.07) is 2.38. The van der Waals surface area contributed by atoms with Gasteiger partial charge in [0.1, 0.15) is 0 Å². The number of nitrogens with zero attached hydrogens (tertiary/aromatic N) is 3. The summed E-state index contributed by atoms with van der Waals surface area (Å²) >= 11 is 0. The van der Waals surface area contributed by atoms with Gasteiger partial charge < -0.3 is 5.43 Å². The van der Waals surface area contributed by atoms with Crippen LogP contribution in [0.2, 0.25) is 0 Å². The van der Waals surface area contributed by atoms with Gasteiger partial charge in [-0.15, -0.1) is 0 Å². The van der Waals surface area contributed by atoms with Crippen LogP contribution < -0.4 is 11.3 Å². The van der Waals surface area contributed by atoms with Crippen LogP contribution in [0.4, 0.5) is 14.6 Å². The molecule has 2 aromatic heterocycles. The molecule has 0 aliphatic carbocycles. The third kappa shape index (κ3) is 1.72. The molecule has 7 heteroatoms. The maximum absolute atomic E-state index is 13.4. The molecule has 3 N–H and O–H groups in total. The molecule has 0 aromatic carbocycles. The topological polar surface area (TPSA) is 68.8 Å². The normalized spacial score (nSPS) is 10.5. The molecule has 0 unspecified atom stereocenters. The van der Waals surface area contributed by atoms with Crippen molar-refractivity contribution in [2.45, 2.75) is 6.92 Å². The zero-order chi connectivity index (χ0) is 11.7. The molecule has 0 fully saturated rings. The predicted octanol–water partition coefficient (Wildman–Crippen LogP) is 1.14. The largest absolute Gasteiger partial charge is 0.306 e. The zero-order valence-electron chi connectivity index (χ0n) is 8.41. The molecule has 84 valence electrons. The highest BCUT2D eigenvalue weighted by atomic mass is 19.1. The minimum absolute atomic E-state index is 0.109. The van der Waals surface area contributed by atoms with Crippen molar-refractivity contribution in [1.29, 1.82) is 0 Å². The molecule has 2 rings (SSSR count). The number of halogens is 2. The van der Waals surface area contributed by atoms with E-state index in [0.29, 0.717) is 11.8 Å². The molecule has 0 bridgehead atoms. The highest BCUT2D eigenvalue weighted by molar-refractivity contribution is 5.41. The van der Waals surface area contributed by atoms with Crippen molar-refractivity contribution in [3.63, 3.8) is 0 Å². The summed E-state index contributed by atoms with van der Waals surface area (Å²) < 4.78 is 27.7. The van der Waals surface area contributed by atoms with Crippen molar-refractivity contribution in [3.8, 4) is 5.82 Å². The number of nitrogen functional groups attached to an aromatic ring is 1. The van der Waals surface area contributed by atoms with E-state index >= 15 is 0 Å². The van der Waals surface area contributed by atoms with Crippen molar-refractivity contribution in [1.82, 2.24) is 14.8 Å². The fourth-order valence-corrected chi connectivity index (χ4v) is 1.25. The Labute approximate surface area is 89.9 Å². The Morgan fingerprint density at radius 1 is 1.38 bits per heavy atom. The van der Waals surface area contributed by atoms with E-state index in [9.17, 15) is 8.78 Å². The first-order valence-corrected chi connectivity index (χ1v) is 4.47. The van der Waals surface area contributed by atoms with Crippen molar-refractivity contribution < 1.29 is 8.78 Å². The number of nitrogens with one attached hydrogen (secondary N) is 1. The summed E-state index contributed by atoms with van der Waals surface area (Å²) in [7, 11) is 0. The number of aryl methyl sites for hydroxylation is 1. The predicted molar refractivity (Wildman–Crippen MR) is 53.8 cm³/mol. The van der Waals surface area contributed by atoms with Crippen LogP contribution in [0.25, 0.3) is 5.82 Å². The van der Waals surface area contributed by atoms with Gasteiger partial charge in [0.15, 0.2) is 23.3 Å². The lowest BCUT2D eigenvalue weighted by Gasteiger charge is -2.06. The minimum Gasteiger partial charge on any atom is -0.306 e. The molecule has 0 atom stereocenters. The number of hydrogen-bond acceptors (Lipinski definition) is 4. The monoisotopic (exact) mass is 225 g/mol. The molecule has 0 spiro atoms. The molecule has 0 amide bonds. The number of pyridine rings is 1. The van der Waals surface area contributed by atoms with Crippen LogP contribution in [0.1, 0.15) is 5.69 Å². The van der Waals surface area contributed by atoms with Gasteiger partial charge in [-0.1, -0.05) is 0 Å². The maximum Gasteiger partial charge on any atom is 0.191 e. The maximum atomic E-state index is 13.4. The Morgan fingerprint density at radius 3 is 2.69 bits per heavy atom. The summed E-state index contributed by atoms with van der Waals surface area (Å²) in [5.74, 6) is 3.05. The Bertz CT molecular complexity index is 523. The lowest BCUT2D eigenvalue weighted by atomic mass is 10.4. The van der Waals surface area contributed by atoms with Crippen molar-refractivity contribution >= 4 is 5.82 Å². The van der Waals surface area contributed by atoms with E-state index in [1.165, 1.54) is 10.9 Å². The van der Waals surface area contributed by atoms with Gasteiger partial charge in [0.25, 0.3) is 0 Å². The number of anilines is 1. The summed E-state index contributed by atoms with van der Waals surface area (Å²) in [6.07, 6.45) is 1.53. The highest BCUT2D eigenvalue weighted by Crippen LogP contribution is 2.17. The first-order valence-electron chi connectivity index (χ1n) is 4.47. The smallest absolute Gasteiger partial charge is 0.191 e. The summed E-state index contributed by atoms with van der Waals surface area (Å²) in [6.45, 7) is 1.75. The molecule has 0 saturated carbocycles. The van der Waals surface area contributed by atoms with Crippen LogP contribution in [0.15, 0.2) is 18.3 Å². The number of hydrazine groups is 1. The Kier molecular flexibility index (Phi) is 2.53. The minimum atomic E-state index is -0.854. The fourth-order valence-electron chi connectivity index (χ4n) is 1.25.